The number of fused-ring (bicyclic) bond motifs is 1. The van der Waals surface area contributed by atoms with Crippen molar-refractivity contribution < 1.29 is 27.0 Å². The number of methoxy groups -OCH3 is 1. The van der Waals surface area contributed by atoms with Gasteiger partial charge in [-0.15, -0.1) is 0 Å². The number of halogens is 1. The van der Waals surface area contributed by atoms with E-state index >= 15 is 0 Å². The molecule has 7 nitrogen and oxygen atoms in total. The fourth-order valence-corrected chi connectivity index (χ4v) is 5.47. The van der Waals surface area contributed by atoms with Crippen molar-refractivity contribution in [3.63, 3.8) is 0 Å². The molecule has 0 aliphatic heterocycles. The summed E-state index contributed by atoms with van der Waals surface area (Å²) in [4.78, 5) is -0.241. The maximum atomic E-state index is 14.3. The number of ether oxygens (including phenoxy) is 3. The number of sulfonamides is 1. The molecule has 218 valence electrons. The Balaban J connectivity index is 1.50. The van der Waals surface area contributed by atoms with Crippen LogP contribution in [0.3, 0.4) is 0 Å². The molecule has 5 aromatic rings. The number of rotatable bonds is 10. The van der Waals surface area contributed by atoms with Gasteiger partial charge in [-0.3, -0.25) is 4.72 Å². The fourth-order valence-electron chi connectivity index (χ4n) is 4.41. The largest absolute Gasteiger partial charge is 0.494 e. The quantitative estimate of drug-likeness (QED) is 0.175. The van der Waals surface area contributed by atoms with Crippen molar-refractivity contribution in [1.29, 1.82) is 5.26 Å². The van der Waals surface area contributed by atoms with E-state index in [2.05, 4.69) is 24.6 Å². The Morgan fingerprint density at radius 2 is 1.53 bits per heavy atom. The van der Waals surface area contributed by atoms with E-state index in [9.17, 15) is 18.1 Å². The Morgan fingerprint density at radius 3 is 2.23 bits per heavy atom. The summed E-state index contributed by atoms with van der Waals surface area (Å²) >= 11 is 0. The van der Waals surface area contributed by atoms with Crippen molar-refractivity contribution in [1.82, 2.24) is 0 Å². The predicted octanol–water partition coefficient (Wildman–Crippen LogP) is 8.15. The van der Waals surface area contributed by atoms with Crippen LogP contribution in [0, 0.1) is 23.1 Å². The molecular weight excluding hydrogens is 567 g/mol. The van der Waals surface area contributed by atoms with Crippen molar-refractivity contribution in [2.45, 2.75) is 18.7 Å². The van der Waals surface area contributed by atoms with Gasteiger partial charge in [0.2, 0.25) is 0 Å². The van der Waals surface area contributed by atoms with Crippen molar-refractivity contribution in [2.24, 2.45) is 5.92 Å². The van der Waals surface area contributed by atoms with Crippen LogP contribution in [0.15, 0.2) is 102 Å². The average molecular weight is 597 g/mol. The highest BCUT2D eigenvalue weighted by Gasteiger charge is 2.19. The van der Waals surface area contributed by atoms with Crippen molar-refractivity contribution in [3.05, 3.63) is 108 Å². The number of hydrogen-bond donors (Lipinski definition) is 1. The molecule has 0 unspecified atom stereocenters. The average Bonchev–Trinajstić information content (AvgIpc) is 3.00. The Morgan fingerprint density at radius 1 is 0.837 bits per heavy atom. The lowest BCUT2D eigenvalue weighted by Gasteiger charge is -2.16. The lowest BCUT2D eigenvalue weighted by atomic mass is 10.0. The number of nitrogens with one attached hydrogen (secondary N) is 1. The molecule has 0 spiro atoms. The lowest BCUT2D eigenvalue weighted by Crippen LogP contribution is -2.13. The minimum absolute atomic E-state index is 0.0530. The molecule has 5 aromatic carbocycles. The van der Waals surface area contributed by atoms with Crippen LogP contribution in [0.5, 0.6) is 23.0 Å². The van der Waals surface area contributed by atoms with Crippen LogP contribution in [0.1, 0.15) is 19.4 Å². The van der Waals surface area contributed by atoms with Gasteiger partial charge in [0.25, 0.3) is 10.0 Å². The van der Waals surface area contributed by atoms with Crippen LogP contribution in [0.4, 0.5) is 10.1 Å². The topological polar surface area (TPSA) is 97.7 Å². The molecule has 0 atom stereocenters. The van der Waals surface area contributed by atoms with Gasteiger partial charge >= 0.3 is 0 Å². The third kappa shape index (κ3) is 6.88. The first-order valence-electron chi connectivity index (χ1n) is 13.5. The van der Waals surface area contributed by atoms with Gasteiger partial charge in [-0.05, 0) is 95.1 Å². The van der Waals surface area contributed by atoms with Crippen LogP contribution in [0.2, 0.25) is 0 Å². The molecule has 1 N–H and O–H groups in total. The van der Waals surface area contributed by atoms with Gasteiger partial charge in [0.05, 0.1) is 30.2 Å². The maximum Gasteiger partial charge on any atom is 0.262 e. The standard InChI is InChI=1S/C34H29FN2O5S/c1-22(2)21-41-28-10-6-24(7-11-28)31-18-27(37-43(38,39)30-13-15-34(40-3)32(35)19-30)9-14-33(31)42-29-12-8-25-16-23(20-36)4-5-26(25)17-29/h4-19,22,37H,21H2,1-3H3. The molecule has 0 saturated heterocycles. The van der Waals surface area contributed by atoms with Gasteiger partial charge in [-0.1, -0.05) is 38.1 Å². The minimum Gasteiger partial charge on any atom is -0.494 e. The van der Waals surface area contributed by atoms with Crippen molar-refractivity contribution in [2.75, 3.05) is 18.4 Å². The van der Waals surface area contributed by atoms with Crippen molar-refractivity contribution in [3.8, 4) is 40.2 Å². The zero-order valence-electron chi connectivity index (χ0n) is 23.8. The molecule has 0 fully saturated rings. The van der Waals surface area contributed by atoms with E-state index in [1.807, 2.05) is 54.6 Å². The van der Waals surface area contributed by atoms with Gasteiger partial charge in [-0.2, -0.15) is 5.26 Å². The highest BCUT2D eigenvalue weighted by Crippen LogP contribution is 2.38. The van der Waals surface area contributed by atoms with Crippen molar-refractivity contribution >= 4 is 26.5 Å². The van der Waals surface area contributed by atoms with E-state index in [1.54, 1.807) is 24.3 Å². The molecule has 0 radical (unpaired) electrons. The van der Waals surface area contributed by atoms with Crippen LogP contribution >= 0.6 is 0 Å². The molecule has 43 heavy (non-hydrogen) atoms. The summed E-state index contributed by atoms with van der Waals surface area (Å²) < 4.78 is 60.1. The highest BCUT2D eigenvalue weighted by atomic mass is 32.2. The van der Waals surface area contributed by atoms with Gasteiger partial charge in [0.1, 0.15) is 17.2 Å². The second-order valence-corrected chi connectivity index (χ2v) is 12.0. The Labute approximate surface area is 250 Å². The third-order valence-corrected chi connectivity index (χ3v) is 7.96. The molecule has 5 rings (SSSR count). The summed E-state index contributed by atoms with van der Waals surface area (Å²) in [6, 6.07) is 28.9. The Bertz CT molecular complexity index is 1930. The first-order chi connectivity index (χ1) is 20.6. The van der Waals surface area contributed by atoms with Crippen LogP contribution < -0.4 is 18.9 Å². The molecule has 0 aliphatic rings. The molecule has 9 heteroatoms. The number of hydrogen-bond acceptors (Lipinski definition) is 6. The van der Waals surface area contributed by atoms with Gasteiger partial charge in [-0.25, -0.2) is 12.8 Å². The van der Waals surface area contributed by atoms with Gasteiger partial charge in [0.15, 0.2) is 11.6 Å². The van der Waals surface area contributed by atoms with Crippen LogP contribution in [0.25, 0.3) is 21.9 Å². The fraction of sp³-hybridized carbons (Fsp3) is 0.147. The van der Waals surface area contributed by atoms with Gasteiger partial charge in [0, 0.05) is 11.3 Å². The zero-order chi connectivity index (χ0) is 30.6. The first-order valence-corrected chi connectivity index (χ1v) is 15.0. The van der Waals surface area contributed by atoms with Gasteiger partial charge < -0.3 is 14.2 Å². The normalized spacial score (nSPS) is 11.3. The summed E-state index contributed by atoms with van der Waals surface area (Å²) in [5, 5.41) is 11.0. The summed E-state index contributed by atoms with van der Waals surface area (Å²) in [5.41, 5.74) is 2.22. The smallest absolute Gasteiger partial charge is 0.262 e. The zero-order valence-corrected chi connectivity index (χ0v) is 24.6. The minimum atomic E-state index is -4.11. The highest BCUT2D eigenvalue weighted by molar-refractivity contribution is 7.92. The monoisotopic (exact) mass is 596 g/mol. The number of nitriles is 1. The molecular formula is C34H29FN2O5S. The van der Waals surface area contributed by atoms with E-state index in [4.69, 9.17) is 14.2 Å². The Hall–Kier alpha value is -5.07. The van der Waals surface area contributed by atoms with Crippen LogP contribution in [-0.2, 0) is 10.0 Å². The number of nitrogens with zero attached hydrogens (tertiary/aromatic N) is 1. The number of benzene rings is 5. The Kier molecular flexibility index (Phi) is 8.51. The second kappa shape index (κ2) is 12.4. The summed E-state index contributed by atoms with van der Waals surface area (Å²) in [6.45, 7) is 4.72. The summed E-state index contributed by atoms with van der Waals surface area (Å²) in [6.07, 6.45) is 0. The van der Waals surface area contributed by atoms with E-state index in [-0.39, 0.29) is 16.3 Å². The van der Waals surface area contributed by atoms with E-state index in [0.29, 0.717) is 40.9 Å². The number of anilines is 1. The maximum absolute atomic E-state index is 14.3. The SMILES string of the molecule is COc1ccc(S(=O)(=O)Nc2ccc(Oc3ccc4cc(C#N)ccc4c3)c(-c3ccc(OCC(C)C)cc3)c2)cc1F. The molecule has 0 saturated carbocycles. The third-order valence-electron chi connectivity index (χ3n) is 6.58. The predicted molar refractivity (Wildman–Crippen MR) is 165 cm³/mol. The van der Waals surface area contributed by atoms with E-state index in [0.717, 1.165) is 22.4 Å². The molecule has 0 aromatic heterocycles. The molecule has 0 aliphatic carbocycles. The van der Waals surface area contributed by atoms with E-state index < -0.39 is 15.8 Å². The van der Waals surface area contributed by atoms with Crippen LogP contribution in [-0.4, -0.2) is 22.1 Å². The second-order valence-electron chi connectivity index (χ2n) is 10.3. The summed E-state index contributed by atoms with van der Waals surface area (Å²) in [7, 11) is -2.81. The summed E-state index contributed by atoms with van der Waals surface area (Å²) in [5.74, 6) is 1.30. The molecule has 0 bridgehead atoms. The lowest BCUT2D eigenvalue weighted by molar-refractivity contribution is 0.271. The molecule has 0 heterocycles. The molecule has 0 amide bonds. The van der Waals surface area contributed by atoms with E-state index in [1.165, 1.54) is 19.2 Å². The first kappa shape index (κ1) is 29.4.